The average Bonchev–Trinajstić information content (AvgIpc) is 2.55. The van der Waals surface area contributed by atoms with Gasteiger partial charge in [-0.2, -0.15) is 0 Å². The fourth-order valence-corrected chi connectivity index (χ4v) is 1.93. The van der Waals surface area contributed by atoms with Crippen LogP contribution in [0.2, 0.25) is 0 Å². The number of nitrogen functional groups attached to an aromatic ring is 1. The first-order chi connectivity index (χ1) is 7.50. The minimum Gasteiger partial charge on any atom is -0.397 e. The van der Waals surface area contributed by atoms with Crippen molar-refractivity contribution in [1.29, 1.82) is 0 Å². The van der Waals surface area contributed by atoms with Crippen molar-refractivity contribution in [1.82, 2.24) is 14.5 Å². The Morgan fingerprint density at radius 3 is 2.50 bits per heavy atom. The molecule has 0 saturated heterocycles. The van der Waals surface area contributed by atoms with E-state index in [-0.39, 0.29) is 0 Å². The van der Waals surface area contributed by atoms with Gasteiger partial charge in [0, 0.05) is 12.0 Å². The Morgan fingerprint density at radius 1 is 1.25 bits per heavy atom. The Kier molecular flexibility index (Phi) is 2.58. The smallest absolute Gasteiger partial charge is 0.160 e. The van der Waals surface area contributed by atoms with E-state index in [1.807, 2.05) is 6.07 Å². The van der Waals surface area contributed by atoms with E-state index in [2.05, 4.69) is 42.2 Å². The molecule has 2 rings (SSSR count). The molecule has 0 unspecified atom stereocenters. The molecule has 4 nitrogen and oxygen atoms in total. The highest BCUT2D eigenvalue weighted by Gasteiger charge is 2.16. The highest BCUT2D eigenvalue weighted by Crippen LogP contribution is 2.25. The lowest BCUT2D eigenvalue weighted by Gasteiger charge is -2.14. The van der Waals surface area contributed by atoms with E-state index in [9.17, 15) is 0 Å². The van der Waals surface area contributed by atoms with E-state index < -0.39 is 0 Å². The molecule has 0 fully saturated rings. The molecule has 2 aromatic rings. The highest BCUT2D eigenvalue weighted by molar-refractivity contribution is 5.75. The summed E-state index contributed by atoms with van der Waals surface area (Å²) in [7, 11) is 0. The number of anilines is 1. The van der Waals surface area contributed by atoms with Crippen LogP contribution in [0.3, 0.4) is 0 Å². The lowest BCUT2D eigenvalue weighted by Crippen LogP contribution is -2.08. The van der Waals surface area contributed by atoms with E-state index >= 15 is 0 Å². The maximum atomic E-state index is 5.72. The highest BCUT2D eigenvalue weighted by atomic mass is 15.1. The van der Waals surface area contributed by atoms with Crippen molar-refractivity contribution in [2.75, 3.05) is 5.73 Å². The third kappa shape index (κ3) is 1.64. The van der Waals surface area contributed by atoms with Crippen LogP contribution in [0.1, 0.15) is 45.5 Å². The van der Waals surface area contributed by atoms with Gasteiger partial charge in [-0.15, -0.1) is 0 Å². The summed E-state index contributed by atoms with van der Waals surface area (Å²) >= 11 is 0. The molecule has 0 radical (unpaired) electrons. The lowest BCUT2D eigenvalue weighted by atomic mass is 10.2. The third-order valence-corrected chi connectivity index (χ3v) is 2.61. The van der Waals surface area contributed by atoms with E-state index in [0.29, 0.717) is 17.6 Å². The van der Waals surface area contributed by atoms with Crippen LogP contribution in [-0.4, -0.2) is 14.5 Å². The van der Waals surface area contributed by atoms with Gasteiger partial charge in [-0.1, -0.05) is 13.8 Å². The maximum Gasteiger partial charge on any atom is 0.160 e. The van der Waals surface area contributed by atoms with E-state index in [0.717, 1.165) is 17.0 Å². The predicted molar refractivity (Wildman–Crippen MR) is 66.4 cm³/mol. The van der Waals surface area contributed by atoms with Gasteiger partial charge in [0.2, 0.25) is 0 Å². The second kappa shape index (κ2) is 3.77. The van der Waals surface area contributed by atoms with Crippen molar-refractivity contribution in [3.63, 3.8) is 0 Å². The summed E-state index contributed by atoms with van der Waals surface area (Å²) in [6.45, 7) is 8.57. The molecule has 2 N–H and O–H groups in total. The molecular formula is C12H18N4. The molecule has 0 spiro atoms. The molecule has 0 atom stereocenters. The van der Waals surface area contributed by atoms with Gasteiger partial charge in [-0.05, 0) is 19.9 Å². The molecule has 0 aliphatic rings. The fraction of sp³-hybridized carbons (Fsp3) is 0.500. The summed E-state index contributed by atoms with van der Waals surface area (Å²) in [6.07, 6.45) is 1.69. The molecule has 0 aliphatic carbocycles. The van der Waals surface area contributed by atoms with Crippen LogP contribution in [0.15, 0.2) is 12.3 Å². The number of fused-ring (bicyclic) bond motifs is 1. The summed E-state index contributed by atoms with van der Waals surface area (Å²) in [5, 5.41) is 0. The number of rotatable bonds is 2. The lowest BCUT2D eigenvalue weighted by molar-refractivity contribution is 0.561. The summed E-state index contributed by atoms with van der Waals surface area (Å²) in [4.78, 5) is 9.00. The first kappa shape index (κ1) is 10.9. The maximum absolute atomic E-state index is 5.72. The van der Waals surface area contributed by atoms with Crippen molar-refractivity contribution in [2.45, 2.75) is 39.7 Å². The Balaban J connectivity index is 2.75. The van der Waals surface area contributed by atoms with Gasteiger partial charge in [0.25, 0.3) is 0 Å². The monoisotopic (exact) mass is 218 g/mol. The average molecular weight is 218 g/mol. The molecule has 4 heteroatoms. The SMILES string of the molecule is CC(C)c1nc2cc(N)cnc2n1C(C)C. The van der Waals surface area contributed by atoms with Crippen molar-refractivity contribution in [3.05, 3.63) is 18.1 Å². The quantitative estimate of drug-likeness (QED) is 0.843. The molecular weight excluding hydrogens is 200 g/mol. The van der Waals surface area contributed by atoms with Gasteiger partial charge in [-0.25, -0.2) is 9.97 Å². The molecule has 0 aliphatic heterocycles. The van der Waals surface area contributed by atoms with Crippen LogP contribution in [0.5, 0.6) is 0 Å². The van der Waals surface area contributed by atoms with Crippen LogP contribution >= 0.6 is 0 Å². The summed E-state index contributed by atoms with van der Waals surface area (Å²) in [5.74, 6) is 1.46. The summed E-state index contributed by atoms with van der Waals surface area (Å²) in [5.41, 5.74) is 8.20. The van der Waals surface area contributed by atoms with Gasteiger partial charge in [0.15, 0.2) is 5.65 Å². The third-order valence-electron chi connectivity index (χ3n) is 2.61. The second-order valence-electron chi connectivity index (χ2n) is 4.70. The number of nitrogens with two attached hydrogens (primary N) is 1. The minimum absolute atomic E-state index is 0.360. The molecule has 0 bridgehead atoms. The summed E-state index contributed by atoms with van der Waals surface area (Å²) < 4.78 is 2.18. The van der Waals surface area contributed by atoms with Crippen molar-refractivity contribution >= 4 is 16.9 Å². The largest absolute Gasteiger partial charge is 0.397 e. The first-order valence-corrected chi connectivity index (χ1v) is 5.64. The van der Waals surface area contributed by atoms with Crippen LogP contribution < -0.4 is 5.73 Å². The number of hydrogen-bond acceptors (Lipinski definition) is 3. The standard InChI is InChI=1S/C12H18N4/c1-7(2)11-15-10-5-9(13)6-14-12(10)16(11)8(3)4/h5-8H,13H2,1-4H3. The molecule has 2 heterocycles. The Hall–Kier alpha value is -1.58. The number of imidazole rings is 1. The molecule has 16 heavy (non-hydrogen) atoms. The molecule has 0 aromatic carbocycles. The number of pyridine rings is 1. The fourth-order valence-electron chi connectivity index (χ4n) is 1.93. The first-order valence-electron chi connectivity index (χ1n) is 5.64. The minimum atomic E-state index is 0.360. The molecule has 0 saturated carbocycles. The zero-order valence-corrected chi connectivity index (χ0v) is 10.2. The van der Waals surface area contributed by atoms with Crippen LogP contribution in [0.4, 0.5) is 5.69 Å². The number of aromatic nitrogens is 3. The van der Waals surface area contributed by atoms with E-state index in [4.69, 9.17) is 5.73 Å². The number of hydrogen-bond donors (Lipinski definition) is 1. The second-order valence-corrected chi connectivity index (χ2v) is 4.70. The zero-order valence-electron chi connectivity index (χ0n) is 10.2. The number of nitrogens with zero attached hydrogens (tertiary/aromatic N) is 3. The van der Waals surface area contributed by atoms with Gasteiger partial charge in [0.05, 0.1) is 11.9 Å². The van der Waals surface area contributed by atoms with Gasteiger partial charge < -0.3 is 10.3 Å². The van der Waals surface area contributed by atoms with Crippen LogP contribution in [0, 0.1) is 0 Å². The van der Waals surface area contributed by atoms with Crippen molar-refractivity contribution in [3.8, 4) is 0 Å². The Bertz CT molecular complexity index is 511. The van der Waals surface area contributed by atoms with Gasteiger partial charge in [-0.3, -0.25) is 0 Å². The van der Waals surface area contributed by atoms with Crippen LogP contribution in [0.25, 0.3) is 11.2 Å². The zero-order chi connectivity index (χ0) is 11.9. The van der Waals surface area contributed by atoms with Crippen LogP contribution in [-0.2, 0) is 0 Å². The van der Waals surface area contributed by atoms with Gasteiger partial charge in [0.1, 0.15) is 11.3 Å². The molecule has 86 valence electrons. The van der Waals surface area contributed by atoms with Crippen molar-refractivity contribution in [2.24, 2.45) is 0 Å². The summed E-state index contributed by atoms with van der Waals surface area (Å²) in [6, 6.07) is 2.24. The van der Waals surface area contributed by atoms with E-state index in [1.54, 1.807) is 6.20 Å². The Labute approximate surface area is 95.5 Å². The van der Waals surface area contributed by atoms with Crippen molar-refractivity contribution < 1.29 is 0 Å². The predicted octanol–water partition coefficient (Wildman–Crippen LogP) is 2.72. The van der Waals surface area contributed by atoms with Gasteiger partial charge >= 0.3 is 0 Å². The molecule has 2 aromatic heterocycles. The van der Waals surface area contributed by atoms with E-state index in [1.165, 1.54) is 0 Å². The topological polar surface area (TPSA) is 56.7 Å². The Morgan fingerprint density at radius 2 is 1.94 bits per heavy atom. The normalized spacial score (nSPS) is 11.9. The molecule has 0 amide bonds.